The second kappa shape index (κ2) is 7.11. The Bertz CT molecular complexity index is 554. The molecule has 1 aliphatic heterocycles. The molecule has 1 N–H and O–H groups in total. The quantitative estimate of drug-likeness (QED) is 0.793. The Morgan fingerprint density at radius 3 is 2.48 bits per heavy atom. The molecule has 0 aliphatic carbocycles. The van der Waals surface area contributed by atoms with Gasteiger partial charge in [-0.25, -0.2) is 0 Å². The number of anilines is 1. The molecular formula is C14H22N2O4S. The van der Waals surface area contributed by atoms with Gasteiger partial charge < -0.3 is 9.64 Å². The maximum Gasteiger partial charge on any atom is 0.264 e. The third-order valence-corrected chi connectivity index (χ3v) is 4.48. The molecule has 118 valence electrons. The first-order valence-electron chi connectivity index (χ1n) is 7.05. The summed E-state index contributed by atoms with van der Waals surface area (Å²) in [6.07, 6.45) is 0.466. The molecule has 0 bridgehead atoms. The zero-order valence-corrected chi connectivity index (χ0v) is 13.1. The first-order valence-corrected chi connectivity index (χ1v) is 8.66. The molecule has 0 aromatic heterocycles. The molecule has 0 saturated carbocycles. The van der Waals surface area contributed by atoms with E-state index in [-0.39, 0.29) is 5.75 Å². The molecule has 21 heavy (non-hydrogen) atoms. The van der Waals surface area contributed by atoms with Crippen LogP contribution in [0.3, 0.4) is 0 Å². The van der Waals surface area contributed by atoms with Crippen LogP contribution in [0.5, 0.6) is 5.75 Å². The fourth-order valence-corrected chi connectivity index (χ4v) is 3.07. The highest BCUT2D eigenvalue weighted by atomic mass is 32.2. The van der Waals surface area contributed by atoms with Gasteiger partial charge in [-0.15, -0.1) is 0 Å². The minimum atomic E-state index is -3.84. The monoisotopic (exact) mass is 314 g/mol. The number of ether oxygens (including phenoxy) is 1. The summed E-state index contributed by atoms with van der Waals surface area (Å²) in [5.74, 6) is 0.706. The van der Waals surface area contributed by atoms with Crippen LogP contribution in [0.4, 0.5) is 5.69 Å². The number of nitrogens with zero attached hydrogens (tertiary/aromatic N) is 2. The van der Waals surface area contributed by atoms with Crippen molar-refractivity contribution in [3.63, 3.8) is 0 Å². The molecule has 1 heterocycles. The van der Waals surface area contributed by atoms with Gasteiger partial charge in [0.2, 0.25) is 0 Å². The van der Waals surface area contributed by atoms with Crippen LogP contribution in [0.15, 0.2) is 24.3 Å². The minimum absolute atomic E-state index is 0.167. The van der Waals surface area contributed by atoms with Crippen molar-refractivity contribution in [1.29, 1.82) is 0 Å². The SMILES string of the molecule is COc1ccccc1N1CCN(CCCS(=O)(=O)O)CC1. The maximum atomic E-state index is 10.7. The van der Waals surface area contributed by atoms with Crippen LogP contribution < -0.4 is 9.64 Å². The molecule has 0 spiro atoms. The predicted molar refractivity (Wildman–Crippen MR) is 82.7 cm³/mol. The summed E-state index contributed by atoms with van der Waals surface area (Å²) in [6, 6.07) is 7.95. The molecule has 1 aliphatic rings. The second-order valence-electron chi connectivity index (χ2n) is 5.14. The third-order valence-electron chi connectivity index (χ3n) is 3.67. The molecule has 1 fully saturated rings. The van der Waals surface area contributed by atoms with Crippen molar-refractivity contribution >= 4 is 15.8 Å². The van der Waals surface area contributed by atoms with Crippen molar-refractivity contribution in [2.75, 3.05) is 50.5 Å². The van der Waals surface area contributed by atoms with E-state index >= 15 is 0 Å². The molecule has 1 aromatic carbocycles. The Morgan fingerprint density at radius 2 is 1.86 bits per heavy atom. The number of piperazine rings is 1. The van der Waals surface area contributed by atoms with E-state index in [2.05, 4.69) is 9.80 Å². The van der Waals surface area contributed by atoms with Crippen molar-refractivity contribution in [3.05, 3.63) is 24.3 Å². The van der Waals surface area contributed by atoms with Crippen LogP contribution in [0.1, 0.15) is 6.42 Å². The number of hydrogen-bond donors (Lipinski definition) is 1. The molecule has 0 amide bonds. The van der Waals surface area contributed by atoms with Crippen molar-refractivity contribution in [3.8, 4) is 5.75 Å². The van der Waals surface area contributed by atoms with E-state index in [0.29, 0.717) is 13.0 Å². The van der Waals surface area contributed by atoms with Crippen LogP contribution in [-0.2, 0) is 10.1 Å². The van der Waals surface area contributed by atoms with Crippen LogP contribution in [0.2, 0.25) is 0 Å². The highest BCUT2D eigenvalue weighted by Crippen LogP contribution is 2.28. The van der Waals surface area contributed by atoms with Gasteiger partial charge in [-0.2, -0.15) is 8.42 Å². The first kappa shape index (κ1) is 16.1. The summed E-state index contributed by atoms with van der Waals surface area (Å²) in [4.78, 5) is 4.50. The number of benzene rings is 1. The van der Waals surface area contributed by atoms with E-state index in [1.54, 1.807) is 7.11 Å². The fourth-order valence-electron chi connectivity index (χ4n) is 2.57. The van der Waals surface area contributed by atoms with Gasteiger partial charge in [-0.05, 0) is 25.1 Å². The molecule has 0 radical (unpaired) electrons. The predicted octanol–water partition coefficient (Wildman–Crippen LogP) is 1.10. The van der Waals surface area contributed by atoms with E-state index in [1.165, 1.54) is 0 Å². The summed E-state index contributed by atoms with van der Waals surface area (Å²) >= 11 is 0. The van der Waals surface area contributed by atoms with Crippen molar-refractivity contribution in [2.45, 2.75) is 6.42 Å². The third kappa shape index (κ3) is 4.87. The van der Waals surface area contributed by atoms with Gasteiger partial charge in [0.1, 0.15) is 5.75 Å². The van der Waals surface area contributed by atoms with Crippen LogP contribution in [0.25, 0.3) is 0 Å². The first-order chi connectivity index (χ1) is 9.99. The van der Waals surface area contributed by atoms with Gasteiger partial charge in [0.05, 0.1) is 18.6 Å². The molecule has 0 atom stereocenters. The van der Waals surface area contributed by atoms with Crippen molar-refractivity contribution in [1.82, 2.24) is 4.90 Å². The van der Waals surface area contributed by atoms with E-state index in [0.717, 1.165) is 37.6 Å². The standard InChI is InChI=1S/C14H22N2O4S/c1-20-14-6-3-2-5-13(14)16-10-8-15(9-11-16)7-4-12-21(17,18)19/h2-3,5-6H,4,7-12H2,1H3,(H,17,18,19). The van der Waals surface area contributed by atoms with Gasteiger partial charge >= 0.3 is 0 Å². The lowest BCUT2D eigenvalue weighted by Gasteiger charge is -2.36. The second-order valence-corrected chi connectivity index (χ2v) is 6.71. The molecule has 2 rings (SSSR count). The molecule has 6 nitrogen and oxygen atoms in total. The highest BCUT2D eigenvalue weighted by Gasteiger charge is 2.19. The van der Waals surface area contributed by atoms with Gasteiger partial charge in [-0.3, -0.25) is 9.45 Å². The molecular weight excluding hydrogens is 292 g/mol. The lowest BCUT2D eigenvalue weighted by molar-refractivity contribution is 0.257. The molecule has 0 unspecified atom stereocenters. The van der Waals surface area contributed by atoms with Gasteiger partial charge in [0.25, 0.3) is 10.1 Å². The topological polar surface area (TPSA) is 70.1 Å². The zero-order valence-electron chi connectivity index (χ0n) is 12.2. The zero-order chi connectivity index (χ0) is 15.3. The summed E-state index contributed by atoms with van der Waals surface area (Å²) in [7, 11) is -2.17. The van der Waals surface area contributed by atoms with Crippen molar-refractivity contribution in [2.24, 2.45) is 0 Å². The van der Waals surface area contributed by atoms with E-state index in [9.17, 15) is 8.42 Å². The van der Waals surface area contributed by atoms with E-state index in [4.69, 9.17) is 9.29 Å². The Kier molecular flexibility index (Phi) is 5.44. The Hall–Kier alpha value is -1.31. The Morgan fingerprint density at radius 1 is 1.19 bits per heavy atom. The minimum Gasteiger partial charge on any atom is -0.495 e. The van der Waals surface area contributed by atoms with Gasteiger partial charge in [0.15, 0.2) is 0 Å². The summed E-state index contributed by atoms with van der Waals surface area (Å²) in [5, 5.41) is 0. The summed E-state index contributed by atoms with van der Waals surface area (Å²) in [6.45, 7) is 4.21. The molecule has 7 heteroatoms. The number of hydrogen-bond acceptors (Lipinski definition) is 5. The summed E-state index contributed by atoms with van der Waals surface area (Å²) < 4.78 is 35.5. The lowest BCUT2D eigenvalue weighted by atomic mass is 10.2. The Balaban J connectivity index is 1.83. The van der Waals surface area contributed by atoms with Gasteiger partial charge in [0, 0.05) is 26.2 Å². The Labute approximate surface area is 126 Å². The highest BCUT2D eigenvalue weighted by molar-refractivity contribution is 7.85. The van der Waals surface area contributed by atoms with Crippen LogP contribution in [0, 0.1) is 0 Å². The number of methoxy groups -OCH3 is 1. The largest absolute Gasteiger partial charge is 0.495 e. The molecule has 1 saturated heterocycles. The van der Waals surface area contributed by atoms with Gasteiger partial charge in [-0.1, -0.05) is 12.1 Å². The van der Waals surface area contributed by atoms with Crippen molar-refractivity contribution < 1.29 is 17.7 Å². The number of rotatable bonds is 6. The van der Waals surface area contributed by atoms with E-state index < -0.39 is 10.1 Å². The van der Waals surface area contributed by atoms with Crippen LogP contribution >= 0.6 is 0 Å². The maximum absolute atomic E-state index is 10.7. The average Bonchev–Trinajstić information content (AvgIpc) is 2.47. The number of para-hydroxylation sites is 2. The summed E-state index contributed by atoms with van der Waals surface area (Å²) in [5.41, 5.74) is 1.09. The lowest BCUT2D eigenvalue weighted by Crippen LogP contribution is -2.46. The van der Waals surface area contributed by atoms with E-state index in [1.807, 2.05) is 24.3 Å². The fraction of sp³-hybridized carbons (Fsp3) is 0.571. The van der Waals surface area contributed by atoms with Crippen LogP contribution in [-0.4, -0.2) is 63.5 Å². The smallest absolute Gasteiger partial charge is 0.264 e. The molecule has 1 aromatic rings. The average molecular weight is 314 g/mol. The normalized spacial score (nSPS) is 17.0.